The summed E-state index contributed by atoms with van der Waals surface area (Å²) >= 11 is 1.92. The molecule has 3 rings (SSSR count). The lowest BCUT2D eigenvalue weighted by atomic mass is 10.0. The van der Waals surface area contributed by atoms with E-state index in [-0.39, 0.29) is 0 Å². The minimum atomic E-state index is 0.642. The van der Waals surface area contributed by atoms with Gasteiger partial charge in [0.05, 0.1) is 0 Å². The summed E-state index contributed by atoms with van der Waals surface area (Å²) in [5.41, 5.74) is 0. The van der Waals surface area contributed by atoms with Gasteiger partial charge in [-0.3, -0.25) is 0 Å². The zero-order valence-electron chi connectivity index (χ0n) is 10.6. The molecule has 2 heterocycles. The van der Waals surface area contributed by atoms with Crippen LogP contribution in [0.2, 0.25) is 0 Å². The van der Waals surface area contributed by atoms with Crippen molar-refractivity contribution in [2.45, 2.75) is 37.8 Å². The number of likely N-dealkylation sites (tertiary alicyclic amines) is 1. The highest BCUT2D eigenvalue weighted by Crippen LogP contribution is 2.42. The summed E-state index contributed by atoms with van der Waals surface area (Å²) in [5, 5.41) is 6.13. The smallest absolute Gasteiger partial charge is 0.0445 e. The predicted molar refractivity (Wildman–Crippen MR) is 73.4 cm³/mol. The lowest BCUT2D eigenvalue weighted by Crippen LogP contribution is -2.42. The Morgan fingerprint density at radius 1 is 1.29 bits per heavy atom. The first-order valence-electron chi connectivity index (χ1n) is 6.81. The second-order valence-corrected chi connectivity index (χ2v) is 6.55. The molecular weight excluding hydrogens is 228 g/mol. The van der Waals surface area contributed by atoms with Gasteiger partial charge >= 0.3 is 0 Å². The molecule has 1 atom stereocenters. The van der Waals surface area contributed by atoms with Crippen molar-refractivity contribution in [3.8, 4) is 0 Å². The lowest BCUT2D eigenvalue weighted by molar-refractivity contribution is 0.221. The zero-order chi connectivity index (χ0) is 11.7. The summed E-state index contributed by atoms with van der Waals surface area (Å²) in [6.45, 7) is 2.50. The van der Waals surface area contributed by atoms with Gasteiger partial charge in [-0.15, -0.1) is 11.3 Å². The summed E-state index contributed by atoms with van der Waals surface area (Å²) in [6.07, 6.45) is 5.46. The first-order chi connectivity index (χ1) is 8.33. The summed E-state index contributed by atoms with van der Waals surface area (Å²) in [6, 6.07) is 5.86. The maximum atomic E-state index is 3.92. The number of piperidine rings is 1. The van der Waals surface area contributed by atoms with Crippen molar-refractivity contribution in [1.29, 1.82) is 0 Å². The summed E-state index contributed by atoms with van der Waals surface area (Å²) in [5.74, 6) is 0.910. The molecule has 0 radical (unpaired) electrons. The van der Waals surface area contributed by atoms with Crippen molar-refractivity contribution in [3.05, 3.63) is 22.4 Å². The van der Waals surface area contributed by atoms with Gasteiger partial charge in [-0.1, -0.05) is 6.07 Å². The highest BCUT2D eigenvalue weighted by Gasteiger charge is 2.34. The van der Waals surface area contributed by atoms with E-state index in [2.05, 4.69) is 34.8 Å². The largest absolute Gasteiger partial charge is 0.306 e. The molecule has 0 aromatic carbocycles. The van der Waals surface area contributed by atoms with E-state index in [0.29, 0.717) is 6.04 Å². The van der Waals surface area contributed by atoms with Gasteiger partial charge in [-0.05, 0) is 63.2 Å². The van der Waals surface area contributed by atoms with Crippen LogP contribution < -0.4 is 5.32 Å². The van der Waals surface area contributed by atoms with Crippen LogP contribution in [0.25, 0.3) is 0 Å². The molecule has 0 bridgehead atoms. The summed E-state index contributed by atoms with van der Waals surface area (Å²) in [7, 11) is 2.23. The van der Waals surface area contributed by atoms with Crippen molar-refractivity contribution in [2.75, 3.05) is 20.1 Å². The third-order valence-electron chi connectivity index (χ3n) is 4.08. The fourth-order valence-corrected chi connectivity index (χ4v) is 3.66. The first-order valence-corrected chi connectivity index (χ1v) is 7.69. The Bertz CT molecular complexity index is 337. The van der Waals surface area contributed by atoms with Gasteiger partial charge in [0.1, 0.15) is 0 Å². The topological polar surface area (TPSA) is 15.3 Å². The van der Waals surface area contributed by atoms with Crippen molar-refractivity contribution in [2.24, 2.45) is 5.92 Å². The van der Waals surface area contributed by atoms with E-state index in [0.717, 1.165) is 12.0 Å². The quantitative estimate of drug-likeness (QED) is 0.884. The molecule has 3 heteroatoms. The number of thiophene rings is 1. The van der Waals surface area contributed by atoms with Crippen LogP contribution in [-0.2, 0) is 0 Å². The second-order valence-electron chi connectivity index (χ2n) is 5.57. The second kappa shape index (κ2) is 5.09. The molecule has 2 aliphatic rings. The molecule has 1 aromatic heterocycles. The standard InChI is InChI=1S/C14H22N2S/c1-16-8-6-12(7-9-16)15-14(11-4-5-11)13-3-2-10-17-13/h2-3,10-12,14-15H,4-9H2,1H3. The van der Waals surface area contributed by atoms with Crippen LogP contribution >= 0.6 is 11.3 Å². The Kier molecular flexibility index (Phi) is 3.50. The van der Waals surface area contributed by atoms with Crippen molar-refractivity contribution in [1.82, 2.24) is 10.2 Å². The fraction of sp³-hybridized carbons (Fsp3) is 0.714. The van der Waals surface area contributed by atoms with E-state index in [1.807, 2.05) is 11.3 Å². The van der Waals surface area contributed by atoms with Crippen LogP contribution in [0.15, 0.2) is 17.5 Å². The van der Waals surface area contributed by atoms with Crippen LogP contribution in [0.3, 0.4) is 0 Å². The average Bonchev–Trinajstić information content (AvgIpc) is 3.03. The molecule has 1 aliphatic heterocycles. The number of nitrogens with one attached hydrogen (secondary N) is 1. The number of nitrogens with zero attached hydrogens (tertiary/aromatic N) is 1. The third kappa shape index (κ3) is 2.90. The van der Waals surface area contributed by atoms with Gasteiger partial charge in [0.2, 0.25) is 0 Å². The van der Waals surface area contributed by atoms with Gasteiger partial charge in [-0.25, -0.2) is 0 Å². The van der Waals surface area contributed by atoms with Crippen LogP contribution in [0.5, 0.6) is 0 Å². The van der Waals surface area contributed by atoms with E-state index < -0.39 is 0 Å². The average molecular weight is 250 g/mol. The Morgan fingerprint density at radius 2 is 2.06 bits per heavy atom. The van der Waals surface area contributed by atoms with Crippen LogP contribution in [-0.4, -0.2) is 31.1 Å². The molecule has 1 saturated carbocycles. The van der Waals surface area contributed by atoms with E-state index in [9.17, 15) is 0 Å². The Hall–Kier alpha value is -0.380. The van der Waals surface area contributed by atoms with Gasteiger partial charge in [-0.2, -0.15) is 0 Å². The molecule has 1 aliphatic carbocycles. The molecule has 94 valence electrons. The SMILES string of the molecule is CN1CCC(NC(c2cccs2)C2CC2)CC1. The summed E-state index contributed by atoms with van der Waals surface area (Å²) < 4.78 is 0. The van der Waals surface area contributed by atoms with Gasteiger partial charge in [0.25, 0.3) is 0 Å². The summed E-state index contributed by atoms with van der Waals surface area (Å²) in [4.78, 5) is 3.99. The first kappa shape index (κ1) is 11.7. The Morgan fingerprint density at radius 3 is 2.65 bits per heavy atom. The maximum absolute atomic E-state index is 3.92. The van der Waals surface area contributed by atoms with Crippen molar-refractivity contribution >= 4 is 11.3 Å². The molecule has 1 saturated heterocycles. The molecular formula is C14H22N2S. The highest BCUT2D eigenvalue weighted by molar-refractivity contribution is 7.10. The number of rotatable bonds is 4. The molecule has 2 nitrogen and oxygen atoms in total. The van der Waals surface area contributed by atoms with Crippen LogP contribution in [0.4, 0.5) is 0 Å². The monoisotopic (exact) mass is 250 g/mol. The molecule has 2 fully saturated rings. The minimum Gasteiger partial charge on any atom is -0.306 e. The van der Waals surface area contributed by atoms with Gasteiger partial charge < -0.3 is 10.2 Å². The van der Waals surface area contributed by atoms with E-state index in [1.54, 1.807) is 4.88 Å². The molecule has 1 aromatic rings. The van der Waals surface area contributed by atoms with E-state index in [4.69, 9.17) is 0 Å². The van der Waals surface area contributed by atoms with Gasteiger partial charge in [0, 0.05) is 17.0 Å². The molecule has 1 N–H and O–H groups in total. The third-order valence-corrected chi connectivity index (χ3v) is 5.03. The zero-order valence-corrected chi connectivity index (χ0v) is 11.4. The van der Waals surface area contributed by atoms with E-state index in [1.165, 1.54) is 38.8 Å². The van der Waals surface area contributed by atoms with E-state index >= 15 is 0 Å². The molecule has 1 unspecified atom stereocenters. The maximum Gasteiger partial charge on any atom is 0.0445 e. The number of hydrogen-bond acceptors (Lipinski definition) is 3. The van der Waals surface area contributed by atoms with Crippen molar-refractivity contribution < 1.29 is 0 Å². The molecule has 0 amide bonds. The normalized spacial score (nSPS) is 25.0. The molecule has 17 heavy (non-hydrogen) atoms. The predicted octanol–water partition coefficient (Wildman–Crippen LogP) is 2.88. The minimum absolute atomic E-state index is 0.642. The van der Waals surface area contributed by atoms with Crippen LogP contribution in [0.1, 0.15) is 36.6 Å². The van der Waals surface area contributed by atoms with Crippen LogP contribution in [0, 0.1) is 5.92 Å². The fourth-order valence-electron chi connectivity index (χ4n) is 2.78. The van der Waals surface area contributed by atoms with Crippen molar-refractivity contribution in [3.63, 3.8) is 0 Å². The highest BCUT2D eigenvalue weighted by atomic mass is 32.1. The van der Waals surface area contributed by atoms with Gasteiger partial charge in [0.15, 0.2) is 0 Å². The molecule has 0 spiro atoms. The number of hydrogen-bond donors (Lipinski definition) is 1. The lowest BCUT2D eigenvalue weighted by Gasteiger charge is -2.32. The Labute approximate surface area is 108 Å². The Balaban J connectivity index is 1.61.